The van der Waals surface area contributed by atoms with Gasteiger partial charge in [-0.3, -0.25) is 9.69 Å². The molecule has 5 rings (SSSR count). The lowest BCUT2D eigenvalue weighted by atomic mass is 9.83. The highest BCUT2D eigenvalue weighted by molar-refractivity contribution is 5.78. The predicted molar refractivity (Wildman–Crippen MR) is 110 cm³/mol. The lowest BCUT2D eigenvalue weighted by molar-refractivity contribution is -0.142. The van der Waals surface area contributed by atoms with Gasteiger partial charge in [-0.15, -0.1) is 0 Å². The second-order valence-electron chi connectivity index (χ2n) is 8.39. The Balaban J connectivity index is 1.34. The van der Waals surface area contributed by atoms with Crippen molar-refractivity contribution in [2.75, 3.05) is 39.3 Å². The summed E-state index contributed by atoms with van der Waals surface area (Å²) in [6.45, 7) is 4.83. The van der Waals surface area contributed by atoms with Gasteiger partial charge in [0.2, 0.25) is 5.91 Å². The monoisotopic (exact) mass is 392 g/mol. The second-order valence-corrected chi connectivity index (χ2v) is 8.39. The fourth-order valence-corrected chi connectivity index (χ4v) is 4.87. The lowest BCUT2D eigenvalue weighted by Gasteiger charge is -2.44. The van der Waals surface area contributed by atoms with Crippen molar-refractivity contribution in [1.29, 1.82) is 0 Å². The van der Waals surface area contributed by atoms with E-state index in [1.807, 2.05) is 41.4 Å². The molecule has 0 N–H and O–H groups in total. The molecule has 0 unspecified atom stereocenters. The third kappa shape index (κ3) is 3.67. The molecular weight excluding hydrogens is 364 g/mol. The lowest BCUT2D eigenvalue weighted by Crippen LogP contribution is -2.50. The van der Waals surface area contributed by atoms with Crippen LogP contribution in [0.1, 0.15) is 36.9 Å². The van der Waals surface area contributed by atoms with Gasteiger partial charge in [-0.1, -0.05) is 30.3 Å². The van der Waals surface area contributed by atoms with Gasteiger partial charge in [0, 0.05) is 24.8 Å². The van der Waals surface area contributed by atoms with Crippen molar-refractivity contribution in [2.45, 2.75) is 37.7 Å². The van der Waals surface area contributed by atoms with Crippen molar-refractivity contribution in [3.8, 4) is 11.4 Å². The van der Waals surface area contributed by atoms with E-state index in [0.717, 1.165) is 62.5 Å². The Labute approximate surface area is 171 Å². The molecule has 6 heteroatoms. The van der Waals surface area contributed by atoms with Crippen LogP contribution >= 0.6 is 0 Å². The van der Waals surface area contributed by atoms with Gasteiger partial charge in [0.15, 0.2) is 5.82 Å². The van der Waals surface area contributed by atoms with Crippen LogP contribution in [0.5, 0.6) is 0 Å². The summed E-state index contributed by atoms with van der Waals surface area (Å²) in [7, 11) is 0. The van der Waals surface area contributed by atoms with Crippen LogP contribution in [-0.2, 0) is 21.6 Å². The molecule has 2 saturated heterocycles. The molecule has 1 aromatic heterocycles. The number of piperidine rings is 1. The summed E-state index contributed by atoms with van der Waals surface area (Å²) in [5, 5.41) is 0. The van der Waals surface area contributed by atoms with Crippen molar-refractivity contribution in [2.24, 2.45) is 0 Å². The van der Waals surface area contributed by atoms with Crippen LogP contribution in [0.15, 0.2) is 36.5 Å². The van der Waals surface area contributed by atoms with Crippen LogP contribution in [-0.4, -0.2) is 65.0 Å². The van der Waals surface area contributed by atoms with Gasteiger partial charge >= 0.3 is 0 Å². The molecule has 3 aliphatic heterocycles. The third-order valence-corrected chi connectivity index (χ3v) is 6.56. The first kappa shape index (κ1) is 18.7. The van der Waals surface area contributed by atoms with Gasteiger partial charge < -0.3 is 9.64 Å². The van der Waals surface area contributed by atoms with Crippen LogP contribution in [0, 0.1) is 0 Å². The number of ether oxygens (including phenoxy) is 1. The maximum atomic E-state index is 12.7. The van der Waals surface area contributed by atoms with Crippen LogP contribution in [0.25, 0.3) is 11.4 Å². The van der Waals surface area contributed by atoms with Crippen LogP contribution in [0.4, 0.5) is 0 Å². The molecule has 0 atom stereocenters. The summed E-state index contributed by atoms with van der Waals surface area (Å²) in [6.07, 6.45) is 6.85. The van der Waals surface area contributed by atoms with Crippen LogP contribution < -0.4 is 0 Å². The third-order valence-electron chi connectivity index (χ3n) is 6.56. The minimum atomic E-state index is -0.384. The van der Waals surface area contributed by atoms with Gasteiger partial charge in [-0.2, -0.15) is 0 Å². The number of fused-ring (bicyclic) bond motifs is 2. The Morgan fingerprint density at radius 1 is 1.07 bits per heavy atom. The zero-order valence-electron chi connectivity index (χ0n) is 16.8. The number of likely N-dealkylation sites (tertiary alicyclic amines) is 2. The van der Waals surface area contributed by atoms with Gasteiger partial charge in [-0.25, -0.2) is 9.97 Å². The summed E-state index contributed by atoms with van der Waals surface area (Å²) in [5.74, 6) is 1.01. The largest absolute Gasteiger partial charge is 0.368 e. The highest BCUT2D eigenvalue weighted by Gasteiger charge is 2.43. The molecule has 0 bridgehead atoms. The average Bonchev–Trinajstić information content (AvgIpc) is 3.28. The molecule has 4 heterocycles. The molecule has 2 aromatic rings. The van der Waals surface area contributed by atoms with E-state index < -0.39 is 0 Å². The summed E-state index contributed by atoms with van der Waals surface area (Å²) in [4.78, 5) is 26.6. The molecular formula is C23H28N4O2. The van der Waals surface area contributed by atoms with Crippen LogP contribution in [0.2, 0.25) is 0 Å². The standard InChI is InChI=1S/C23H28N4O2/c28-20(17-26-11-4-5-12-26)27-13-9-23(10-14-27)21-19(8-15-29-23)16-24-22(25-21)18-6-2-1-3-7-18/h1-3,6-7,16H,4-5,8-15,17H2. The van der Waals surface area contributed by atoms with Gasteiger partial charge in [0.05, 0.1) is 18.8 Å². The van der Waals surface area contributed by atoms with Crippen molar-refractivity contribution in [3.63, 3.8) is 0 Å². The van der Waals surface area contributed by atoms with Crippen molar-refractivity contribution in [3.05, 3.63) is 47.8 Å². The molecule has 1 spiro atoms. The number of nitrogens with zero attached hydrogens (tertiary/aromatic N) is 4. The molecule has 0 saturated carbocycles. The van der Waals surface area contributed by atoms with Crippen molar-refractivity contribution >= 4 is 5.91 Å². The summed E-state index contributed by atoms with van der Waals surface area (Å²) in [5.41, 5.74) is 2.86. The molecule has 6 nitrogen and oxygen atoms in total. The number of hydrogen-bond acceptors (Lipinski definition) is 5. The first-order chi connectivity index (χ1) is 14.2. The number of aromatic nitrogens is 2. The molecule has 3 aliphatic rings. The van der Waals surface area contributed by atoms with E-state index >= 15 is 0 Å². The van der Waals surface area contributed by atoms with Crippen molar-refractivity contribution < 1.29 is 9.53 Å². The van der Waals surface area contributed by atoms with E-state index in [4.69, 9.17) is 9.72 Å². The minimum Gasteiger partial charge on any atom is -0.368 e. The van der Waals surface area contributed by atoms with E-state index in [1.165, 1.54) is 18.4 Å². The normalized spacial score (nSPS) is 21.3. The molecule has 152 valence electrons. The van der Waals surface area contributed by atoms with E-state index in [1.54, 1.807) is 0 Å². The highest BCUT2D eigenvalue weighted by Crippen LogP contribution is 2.41. The molecule has 0 aliphatic carbocycles. The van der Waals surface area contributed by atoms with Gasteiger partial charge in [-0.05, 0) is 50.8 Å². The Kier molecular flexibility index (Phi) is 5.06. The molecule has 1 aromatic carbocycles. The zero-order chi connectivity index (χ0) is 19.7. The smallest absolute Gasteiger partial charge is 0.236 e. The number of carbonyl (C=O) groups excluding carboxylic acids is 1. The fraction of sp³-hybridized carbons (Fsp3) is 0.522. The quantitative estimate of drug-likeness (QED) is 0.804. The summed E-state index contributed by atoms with van der Waals surface area (Å²) >= 11 is 0. The van der Waals surface area contributed by atoms with Crippen molar-refractivity contribution in [1.82, 2.24) is 19.8 Å². The Bertz CT molecular complexity index is 872. The highest BCUT2D eigenvalue weighted by atomic mass is 16.5. The van der Waals surface area contributed by atoms with E-state index in [2.05, 4.69) is 9.88 Å². The maximum absolute atomic E-state index is 12.7. The number of amides is 1. The molecule has 2 fully saturated rings. The molecule has 1 amide bonds. The molecule has 0 radical (unpaired) electrons. The number of rotatable bonds is 3. The Morgan fingerprint density at radius 3 is 2.59 bits per heavy atom. The van der Waals surface area contributed by atoms with Crippen LogP contribution in [0.3, 0.4) is 0 Å². The second kappa shape index (κ2) is 7.84. The summed E-state index contributed by atoms with van der Waals surface area (Å²) < 4.78 is 6.35. The molecule has 29 heavy (non-hydrogen) atoms. The van der Waals surface area contributed by atoms with E-state index in [-0.39, 0.29) is 11.5 Å². The topological polar surface area (TPSA) is 58.6 Å². The SMILES string of the molecule is O=C(CN1CCCC1)N1CCC2(CC1)OCCc1cnc(-c3ccccc3)nc12. The summed E-state index contributed by atoms with van der Waals surface area (Å²) in [6, 6.07) is 10.1. The maximum Gasteiger partial charge on any atom is 0.236 e. The number of hydrogen-bond donors (Lipinski definition) is 0. The fourth-order valence-electron chi connectivity index (χ4n) is 4.87. The average molecular weight is 393 g/mol. The predicted octanol–water partition coefficient (Wildman–Crippen LogP) is 2.63. The zero-order valence-corrected chi connectivity index (χ0v) is 16.8. The minimum absolute atomic E-state index is 0.255. The first-order valence-corrected chi connectivity index (χ1v) is 10.8. The Morgan fingerprint density at radius 2 is 1.83 bits per heavy atom. The van der Waals surface area contributed by atoms with E-state index in [9.17, 15) is 4.79 Å². The van der Waals surface area contributed by atoms with Gasteiger partial charge in [0.25, 0.3) is 0 Å². The Hall–Kier alpha value is -2.31. The van der Waals surface area contributed by atoms with Gasteiger partial charge in [0.1, 0.15) is 5.60 Å². The first-order valence-electron chi connectivity index (χ1n) is 10.8. The van der Waals surface area contributed by atoms with E-state index in [0.29, 0.717) is 13.2 Å². The number of carbonyl (C=O) groups is 1. The number of benzene rings is 1.